The lowest BCUT2D eigenvalue weighted by molar-refractivity contribution is 0.141. The van der Waals surface area contributed by atoms with Gasteiger partial charge in [0.1, 0.15) is 5.69 Å². The number of rotatable bonds is 6. The molecule has 2 heterocycles. The zero-order valence-corrected chi connectivity index (χ0v) is 10.7. The van der Waals surface area contributed by atoms with Crippen LogP contribution in [0.2, 0.25) is 0 Å². The summed E-state index contributed by atoms with van der Waals surface area (Å²) in [6.07, 6.45) is 3.00. The quantitative estimate of drug-likeness (QED) is 0.817. The van der Waals surface area contributed by atoms with E-state index in [-0.39, 0.29) is 5.69 Å². The standard InChI is InChI=1S/C13H16F2N4/c1-2-5-17-8-10-9-18-19(12(10)13(14)15)11-3-6-16-7-4-11/h3-4,6-7,9,13,17H,2,5,8H2,1H3. The number of hydrogen-bond acceptors (Lipinski definition) is 3. The molecule has 102 valence electrons. The summed E-state index contributed by atoms with van der Waals surface area (Å²) < 4.78 is 27.7. The Morgan fingerprint density at radius 1 is 1.32 bits per heavy atom. The largest absolute Gasteiger partial charge is 0.313 e. The Morgan fingerprint density at radius 3 is 2.68 bits per heavy atom. The van der Waals surface area contributed by atoms with Gasteiger partial charge in [-0.05, 0) is 25.1 Å². The first-order valence-electron chi connectivity index (χ1n) is 6.20. The normalized spacial score (nSPS) is 11.2. The second-order valence-electron chi connectivity index (χ2n) is 4.15. The van der Waals surface area contributed by atoms with Gasteiger partial charge in [-0.1, -0.05) is 6.92 Å². The van der Waals surface area contributed by atoms with Crippen LogP contribution in [-0.2, 0) is 6.54 Å². The maximum atomic E-state index is 13.2. The lowest BCUT2D eigenvalue weighted by Crippen LogP contribution is -2.15. The highest BCUT2D eigenvalue weighted by Crippen LogP contribution is 2.25. The predicted molar refractivity (Wildman–Crippen MR) is 68.3 cm³/mol. The Balaban J connectivity index is 2.30. The van der Waals surface area contributed by atoms with Crippen molar-refractivity contribution in [3.8, 4) is 5.69 Å². The van der Waals surface area contributed by atoms with Crippen molar-refractivity contribution in [2.75, 3.05) is 6.54 Å². The van der Waals surface area contributed by atoms with Crippen LogP contribution in [0.4, 0.5) is 8.78 Å². The lowest BCUT2D eigenvalue weighted by atomic mass is 10.2. The van der Waals surface area contributed by atoms with E-state index in [9.17, 15) is 8.78 Å². The molecule has 0 spiro atoms. The molecule has 0 bridgehead atoms. The van der Waals surface area contributed by atoms with Crippen molar-refractivity contribution in [1.29, 1.82) is 0 Å². The van der Waals surface area contributed by atoms with Crippen molar-refractivity contribution in [1.82, 2.24) is 20.1 Å². The van der Waals surface area contributed by atoms with Gasteiger partial charge in [-0.15, -0.1) is 0 Å². The van der Waals surface area contributed by atoms with Gasteiger partial charge in [0.25, 0.3) is 6.43 Å². The molecule has 4 nitrogen and oxygen atoms in total. The fourth-order valence-corrected chi connectivity index (χ4v) is 1.85. The molecule has 0 atom stereocenters. The molecule has 1 N–H and O–H groups in total. The summed E-state index contributed by atoms with van der Waals surface area (Å²) in [6, 6.07) is 3.31. The summed E-state index contributed by atoms with van der Waals surface area (Å²) >= 11 is 0. The molecule has 0 saturated carbocycles. The van der Waals surface area contributed by atoms with Crippen molar-refractivity contribution >= 4 is 0 Å². The molecule has 19 heavy (non-hydrogen) atoms. The first-order chi connectivity index (χ1) is 9.24. The van der Waals surface area contributed by atoms with E-state index in [2.05, 4.69) is 15.4 Å². The average Bonchev–Trinajstić information content (AvgIpc) is 2.84. The Morgan fingerprint density at radius 2 is 2.05 bits per heavy atom. The molecular formula is C13H16F2N4. The minimum atomic E-state index is -2.56. The first-order valence-corrected chi connectivity index (χ1v) is 6.20. The van der Waals surface area contributed by atoms with Gasteiger partial charge in [-0.3, -0.25) is 4.98 Å². The summed E-state index contributed by atoms with van der Waals surface area (Å²) in [5.41, 5.74) is 1.06. The fourth-order valence-electron chi connectivity index (χ4n) is 1.85. The number of hydrogen-bond donors (Lipinski definition) is 1. The molecule has 0 unspecified atom stereocenters. The molecule has 0 amide bonds. The van der Waals surface area contributed by atoms with Crippen molar-refractivity contribution in [3.63, 3.8) is 0 Å². The monoisotopic (exact) mass is 266 g/mol. The maximum absolute atomic E-state index is 13.2. The van der Waals surface area contributed by atoms with Crippen LogP contribution in [0, 0.1) is 0 Å². The minimum Gasteiger partial charge on any atom is -0.313 e. The van der Waals surface area contributed by atoms with E-state index in [0.29, 0.717) is 17.8 Å². The third kappa shape index (κ3) is 3.14. The third-order valence-corrected chi connectivity index (χ3v) is 2.74. The molecule has 0 aliphatic rings. The van der Waals surface area contributed by atoms with E-state index in [4.69, 9.17) is 0 Å². The van der Waals surface area contributed by atoms with Crippen LogP contribution in [0.5, 0.6) is 0 Å². The van der Waals surface area contributed by atoms with Gasteiger partial charge >= 0.3 is 0 Å². The molecule has 0 radical (unpaired) electrons. The number of pyridine rings is 1. The van der Waals surface area contributed by atoms with Crippen LogP contribution in [0.3, 0.4) is 0 Å². The highest BCUT2D eigenvalue weighted by Gasteiger charge is 2.20. The van der Waals surface area contributed by atoms with Gasteiger partial charge in [-0.25, -0.2) is 13.5 Å². The Bertz CT molecular complexity index is 511. The molecule has 0 fully saturated rings. The number of aromatic nitrogens is 3. The molecule has 0 aliphatic carbocycles. The molecule has 2 aromatic heterocycles. The second kappa shape index (κ2) is 6.38. The third-order valence-electron chi connectivity index (χ3n) is 2.74. The molecule has 2 aromatic rings. The van der Waals surface area contributed by atoms with E-state index in [1.807, 2.05) is 6.92 Å². The average molecular weight is 266 g/mol. The first kappa shape index (κ1) is 13.6. The van der Waals surface area contributed by atoms with E-state index in [1.165, 1.54) is 10.9 Å². The lowest BCUT2D eigenvalue weighted by Gasteiger charge is -2.09. The van der Waals surface area contributed by atoms with Gasteiger partial charge in [-0.2, -0.15) is 5.10 Å². The number of alkyl halides is 2. The van der Waals surface area contributed by atoms with Crippen LogP contribution in [0.1, 0.15) is 31.0 Å². The molecule has 0 aromatic carbocycles. The van der Waals surface area contributed by atoms with Gasteiger partial charge in [0.2, 0.25) is 0 Å². The SMILES string of the molecule is CCCNCc1cnn(-c2ccncc2)c1C(F)F. The van der Waals surface area contributed by atoms with Crippen LogP contribution in [0.15, 0.2) is 30.7 Å². The summed E-state index contributed by atoms with van der Waals surface area (Å²) in [5.74, 6) is 0. The van der Waals surface area contributed by atoms with Crippen LogP contribution in [-0.4, -0.2) is 21.3 Å². The summed E-state index contributed by atoms with van der Waals surface area (Å²) in [5, 5.41) is 7.17. The van der Waals surface area contributed by atoms with Crippen LogP contribution >= 0.6 is 0 Å². The van der Waals surface area contributed by atoms with Gasteiger partial charge in [0.15, 0.2) is 0 Å². The minimum absolute atomic E-state index is 0.0604. The Kier molecular flexibility index (Phi) is 4.57. The van der Waals surface area contributed by atoms with Crippen molar-refractivity contribution in [3.05, 3.63) is 42.0 Å². The Hall–Kier alpha value is -1.82. The van der Waals surface area contributed by atoms with Gasteiger partial charge in [0, 0.05) is 24.5 Å². The molecule has 0 saturated heterocycles. The van der Waals surface area contributed by atoms with E-state index >= 15 is 0 Å². The van der Waals surface area contributed by atoms with Crippen LogP contribution < -0.4 is 5.32 Å². The van der Waals surface area contributed by atoms with E-state index in [0.717, 1.165) is 13.0 Å². The number of nitrogens with one attached hydrogen (secondary N) is 1. The molecular weight excluding hydrogens is 250 g/mol. The second-order valence-corrected chi connectivity index (χ2v) is 4.15. The van der Waals surface area contributed by atoms with Crippen LogP contribution in [0.25, 0.3) is 5.69 Å². The van der Waals surface area contributed by atoms with Crippen molar-refractivity contribution < 1.29 is 8.78 Å². The summed E-state index contributed by atoms with van der Waals surface area (Å²) in [4.78, 5) is 3.87. The number of nitrogens with zero attached hydrogens (tertiary/aromatic N) is 3. The fraction of sp³-hybridized carbons (Fsp3) is 0.385. The maximum Gasteiger partial charge on any atom is 0.280 e. The van der Waals surface area contributed by atoms with Crippen molar-refractivity contribution in [2.45, 2.75) is 26.3 Å². The zero-order chi connectivity index (χ0) is 13.7. The predicted octanol–water partition coefficient (Wildman–Crippen LogP) is 2.70. The Labute approximate surface area is 110 Å². The summed E-state index contributed by atoms with van der Waals surface area (Å²) in [7, 11) is 0. The van der Waals surface area contributed by atoms with E-state index in [1.54, 1.807) is 24.5 Å². The number of halogens is 2. The molecule has 0 aliphatic heterocycles. The van der Waals surface area contributed by atoms with Crippen molar-refractivity contribution in [2.24, 2.45) is 0 Å². The highest BCUT2D eigenvalue weighted by molar-refractivity contribution is 5.33. The van der Waals surface area contributed by atoms with Gasteiger partial charge in [0.05, 0.1) is 11.9 Å². The molecule has 6 heteroatoms. The summed E-state index contributed by atoms with van der Waals surface area (Å²) in [6.45, 7) is 3.23. The highest BCUT2D eigenvalue weighted by atomic mass is 19.3. The topological polar surface area (TPSA) is 42.7 Å². The zero-order valence-electron chi connectivity index (χ0n) is 10.7. The van der Waals surface area contributed by atoms with Gasteiger partial charge < -0.3 is 5.32 Å². The smallest absolute Gasteiger partial charge is 0.280 e. The molecule has 2 rings (SSSR count). The van der Waals surface area contributed by atoms with E-state index < -0.39 is 6.43 Å².